The first-order valence-corrected chi connectivity index (χ1v) is 8.96. The average molecular weight is 363 g/mol. The number of aromatic nitrogens is 6. The van der Waals surface area contributed by atoms with Crippen molar-refractivity contribution in [2.75, 3.05) is 13.1 Å². The van der Waals surface area contributed by atoms with Crippen LogP contribution in [0.5, 0.6) is 0 Å². The van der Waals surface area contributed by atoms with Crippen molar-refractivity contribution in [3.63, 3.8) is 0 Å². The van der Waals surface area contributed by atoms with E-state index in [0.717, 1.165) is 42.3 Å². The zero-order valence-electron chi connectivity index (χ0n) is 15.4. The molecule has 0 N–H and O–H groups in total. The molecular formula is C19H21N7O. The average Bonchev–Trinajstić information content (AvgIpc) is 3.32. The zero-order valence-corrected chi connectivity index (χ0v) is 15.4. The molecule has 0 spiro atoms. The minimum absolute atomic E-state index is 0.0544. The Morgan fingerprint density at radius 2 is 2.00 bits per heavy atom. The number of carbonyl (C=O) groups is 1. The molecular weight excluding hydrogens is 342 g/mol. The molecule has 0 bridgehead atoms. The predicted molar refractivity (Wildman–Crippen MR) is 98.7 cm³/mol. The van der Waals surface area contributed by atoms with Crippen LogP contribution in [0.1, 0.15) is 28.3 Å². The molecule has 1 saturated heterocycles. The molecule has 1 unspecified atom stereocenters. The Hall–Kier alpha value is -3.16. The van der Waals surface area contributed by atoms with E-state index in [4.69, 9.17) is 0 Å². The number of rotatable bonds is 4. The van der Waals surface area contributed by atoms with Gasteiger partial charge in [-0.2, -0.15) is 0 Å². The topological polar surface area (TPSA) is 89.7 Å². The monoisotopic (exact) mass is 363 g/mol. The molecule has 1 amide bonds. The number of imidazole rings is 1. The number of amides is 1. The number of carbonyl (C=O) groups excluding carboxylic acids is 1. The Balaban J connectivity index is 1.37. The van der Waals surface area contributed by atoms with E-state index in [1.165, 1.54) is 0 Å². The summed E-state index contributed by atoms with van der Waals surface area (Å²) >= 11 is 0. The molecule has 8 nitrogen and oxygen atoms in total. The van der Waals surface area contributed by atoms with Gasteiger partial charge in [0.05, 0.1) is 23.8 Å². The second kappa shape index (κ2) is 7.22. The van der Waals surface area contributed by atoms with Crippen molar-refractivity contribution >= 4 is 5.91 Å². The van der Waals surface area contributed by atoms with Gasteiger partial charge in [0, 0.05) is 44.9 Å². The summed E-state index contributed by atoms with van der Waals surface area (Å²) in [5, 5.41) is 0. The fraction of sp³-hybridized carbons (Fsp3) is 0.368. The van der Waals surface area contributed by atoms with Gasteiger partial charge in [0.2, 0.25) is 0 Å². The Labute approximate surface area is 157 Å². The van der Waals surface area contributed by atoms with Gasteiger partial charge in [-0.3, -0.25) is 14.8 Å². The van der Waals surface area contributed by atoms with Crippen LogP contribution in [0, 0.1) is 12.8 Å². The van der Waals surface area contributed by atoms with Crippen LogP contribution >= 0.6 is 0 Å². The van der Waals surface area contributed by atoms with Gasteiger partial charge in [-0.1, -0.05) is 0 Å². The van der Waals surface area contributed by atoms with Crippen molar-refractivity contribution in [3.8, 4) is 11.5 Å². The van der Waals surface area contributed by atoms with Crippen LogP contribution in [0.2, 0.25) is 0 Å². The third-order valence-electron chi connectivity index (χ3n) is 4.83. The molecule has 0 aromatic carbocycles. The summed E-state index contributed by atoms with van der Waals surface area (Å²) in [6.45, 7) is 3.29. The van der Waals surface area contributed by atoms with Gasteiger partial charge in [-0.15, -0.1) is 0 Å². The highest BCUT2D eigenvalue weighted by Crippen LogP contribution is 2.22. The van der Waals surface area contributed by atoms with Crippen molar-refractivity contribution in [2.45, 2.75) is 19.8 Å². The minimum atomic E-state index is -0.0544. The van der Waals surface area contributed by atoms with Gasteiger partial charge in [0.15, 0.2) is 5.82 Å². The van der Waals surface area contributed by atoms with Crippen LogP contribution < -0.4 is 0 Å². The highest BCUT2D eigenvalue weighted by atomic mass is 16.2. The van der Waals surface area contributed by atoms with E-state index in [9.17, 15) is 4.79 Å². The minimum Gasteiger partial charge on any atom is -0.337 e. The van der Waals surface area contributed by atoms with E-state index in [1.54, 1.807) is 31.0 Å². The van der Waals surface area contributed by atoms with Crippen molar-refractivity contribution in [2.24, 2.45) is 13.0 Å². The van der Waals surface area contributed by atoms with E-state index >= 15 is 0 Å². The molecule has 3 aromatic heterocycles. The molecule has 0 saturated carbocycles. The lowest BCUT2D eigenvalue weighted by Crippen LogP contribution is -2.29. The lowest BCUT2D eigenvalue weighted by atomic mass is 10.0. The van der Waals surface area contributed by atoms with E-state index in [1.807, 2.05) is 29.6 Å². The summed E-state index contributed by atoms with van der Waals surface area (Å²) in [6, 6.07) is 0. The van der Waals surface area contributed by atoms with Crippen molar-refractivity contribution in [1.82, 2.24) is 34.4 Å². The summed E-state index contributed by atoms with van der Waals surface area (Å²) in [5.74, 6) is 1.12. The molecule has 8 heteroatoms. The molecule has 1 aliphatic rings. The van der Waals surface area contributed by atoms with Crippen LogP contribution in [0.3, 0.4) is 0 Å². The van der Waals surface area contributed by atoms with Gasteiger partial charge in [0.25, 0.3) is 5.91 Å². The number of hydrogen-bond acceptors (Lipinski definition) is 6. The molecule has 4 heterocycles. The fourth-order valence-corrected chi connectivity index (χ4v) is 3.33. The van der Waals surface area contributed by atoms with Crippen LogP contribution in [0.25, 0.3) is 11.5 Å². The quantitative estimate of drug-likeness (QED) is 0.701. The highest BCUT2D eigenvalue weighted by molar-refractivity contribution is 5.92. The molecule has 27 heavy (non-hydrogen) atoms. The molecule has 1 fully saturated rings. The third kappa shape index (κ3) is 3.69. The fourth-order valence-electron chi connectivity index (χ4n) is 3.33. The Morgan fingerprint density at radius 3 is 2.67 bits per heavy atom. The maximum absolute atomic E-state index is 12.6. The largest absolute Gasteiger partial charge is 0.337 e. The highest BCUT2D eigenvalue weighted by Gasteiger charge is 2.28. The first kappa shape index (κ1) is 17.3. The number of aryl methyl sites for hydroxylation is 2. The van der Waals surface area contributed by atoms with E-state index < -0.39 is 0 Å². The van der Waals surface area contributed by atoms with Crippen LogP contribution in [0.4, 0.5) is 0 Å². The number of likely N-dealkylation sites (tertiary alicyclic amines) is 1. The molecule has 1 aliphatic heterocycles. The summed E-state index contributed by atoms with van der Waals surface area (Å²) in [5.41, 5.74) is 2.90. The van der Waals surface area contributed by atoms with Gasteiger partial charge >= 0.3 is 0 Å². The molecule has 0 aliphatic carbocycles. The van der Waals surface area contributed by atoms with E-state index in [0.29, 0.717) is 18.2 Å². The zero-order chi connectivity index (χ0) is 18.8. The van der Waals surface area contributed by atoms with Crippen LogP contribution in [-0.2, 0) is 13.5 Å². The van der Waals surface area contributed by atoms with Gasteiger partial charge in [-0.25, -0.2) is 15.0 Å². The maximum Gasteiger partial charge on any atom is 0.274 e. The Kier molecular flexibility index (Phi) is 4.62. The summed E-state index contributed by atoms with van der Waals surface area (Å²) < 4.78 is 1.91. The lowest BCUT2D eigenvalue weighted by molar-refractivity contribution is 0.0780. The smallest absolute Gasteiger partial charge is 0.274 e. The molecule has 3 aromatic rings. The normalized spacial score (nSPS) is 16.7. The van der Waals surface area contributed by atoms with Gasteiger partial charge < -0.3 is 9.47 Å². The first-order chi connectivity index (χ1) is 13.1. The Bertz CT molecular complexity index is 933. The second-order valence-electron chi connectivity index (χ2n) is 6.91. The second-order valence-corrected chi connectivity index (χ2v) is 6.91. The third-order valence-corrected chi connectivity index (χ3v) is 4.83. The molecule has 4 rings (SSSR count). The number of hydrogen-bond donors (Lipinski definition) is 0. The van der Waals surface area contributed by atoms with Gasteiger partial charge in [-0.05, 0) is 25.7 Å². The van der Waals surface area contributed by atoms with E-state index in [-0.39, 0.29) is 5.91 Å². The molecule has 1 atom stereocenters. The van der Waals surface area contributed by atoms with Crippen molar-refractivity contribution in [1.29, 1.82) is 0 Å². The maximum atomic E-state index is 12.6. The Morgan fingerprint density at radius 1 is 1.11 bits per heavy atom. The standard InChI is InChI=1S/C19H21N7O/c1-13-8-23-17(11-21-13)19(27)26-5-3-14(12-26)7-15-9-24-16(10-22-15)18-20-4-6-25(18)2/h4,6,8-11,14H,3,5,7,12H2,1-2H3. The first-order valence-electron chi connectivity index (χ1n) is 8.96. The molecule has 138 valence electrons. The summed E-state index contributed by atoms with van der Waals surface area (Å²) in [4.78, 5) is 36.1. The summed E-state index contributed by atoms with van der Waals surface area (Å²) in [6.07, 6.45) is 12.1. The van der Waals surface area contributed by atoms with Crippen molar-refractivity contribution < 1.29 is 4.79 Å². The number of nitrogens with zero attached hydrogens (tertiary/aromatic N) is 7. The lowest BCUT2D eigenvalue weighted by Gasteiger charge is -2.15. The van der Waals surface area contributed by atoms with Crippen LogP contribution in [0.15, 0.2) is 37.2 Å². The van der Waals surface area contributed by atoms with E-state index in [2.05, 4.69) is 24.9 Å². The SMILES string of the molecule is Cc1cnc(C(=O)N2CCC(Cc3cnc(-c4nccn4C)cn3)C2)cn1. The van der Waals surface area contributed by atoms with Gasteiger partial charge in [0.1, 0.15) is 11.4 Å². The summed E-state index contributed by atoms with van der Waals surface area (Å²) in [7, 11) is 1.93. The predicted octanol–water partition coefficient (Wildman–Crippen LogP) is 1.68. The van der Waals surface area contributed by atoms with Crippen LogP contribution in [-0.4, -0.2) is 53.4 Å². The van der Waals surface area contributed by atoms with Crippen molar-refractivity contribution in [3.05, 3.63) is 54.3 Å². The molecule has 0 radical (unpaired) electrons.